The fourth-order valence-electron chi connectivity index (χ4n) is 4.43. The highest BCUT2D eigenvalue weighted by atomic mass is 35.5. The van der Waals surface area contributed by atoms with Gasteiger partial charge in [0.25, 0.3) is 0 Å². The number of fused-ring (bicyclic) bond motifs is 1. The van der Waals surface area contributed by atoms with Crippen molar-refractivity contribution in [2.75, 3.05) is 18.1 Å². The topological polar surface area (TPSA) is 55.8 Å². The Morgan fingerprint density at radius 1 is 1.37 bits per heavy atom. The molecule has 3 aliphatic rings. The lowest BCUT2D eigenvalue weighted by Gasteiger charge is -2.22. The fourth-order valence-corrected chi connectivity index (χ4v) is 4.61. The van der Waals surface area contributed by atoms with Gasteiger partial charge in [-0.15, -0.1) is 0 Å². The van der Waals surface area contributed by atoms with E-state index in [9.17, 15) is 9.59 Å². The summed E-state index contributed by atoms with van der Waals surface area (Å²) in [6.45, 7) is 2.93. The van der Waals surface area contributed by atoms with E-state index in [4.69, 9.17) is 21.1 Å². The van der Waals surface area contributed by atoms with Crippen molar-refractivity contribution in [3.63, 3.8) is 0 Å². The average Bonchev–Trinajstić information content (AvgIpc) is 3.30. The number of rotatable bonds is 7. The van der Waals surface area contributed by atoms with E-state index in [1.165, 1.54) is 0 Å². The largest absolute Gasteiger partial charge is 0.465 e. The van der Waals surface area contributed by atoms with Crippen LogP contribution in [0.25, 0.3) is 0 Å². The standard InChI is InChI=1S/C21H24ClNO4/c1-2-3-4-5-11-26-20(25)17-16-9-10-21(27-16)13-23(19(24)18(17)21)15-8-6-7-14(22)12-15/h6-10,12,16-18H,2-5,11,13H2,1H3/t16-,17+,18-,21+/m0/s1. The monoisotopic (exact) mass is 389 g/mol. The third-order valence-corrected chi connectivity index (χ3v) is 5.97. The Balaban J connectivity index is 1.49. The molecule has 2 saturated heterocycles. The van der Waals surface area contributed by atoms with Gasteiger partial charge in [-0.25, -0.2) is 0 Å². The molecule has 4 rings (SSSR count). The summed E-state index contributed by atoms with van der Waals surface area (Å²) in [6, 6.07) is 7.19. The molecule has 0 aliphatic carbocycles. The van der Waals surface area contributed by atoms with Crippen LogP contribution in [0.3, 0.4) is 0 Å². The Bertz CT molecular complexity index is 779. The SMILES string of the molecule is CCCCCCOC(=O)[C@@H]1[C@@H]2C=C[C@]3(CN(c4cccc(Cl)c4)C(=O)[C@H]13)O2. The van der Waals surface area contributed by atoms with E-state index in [-0.39, 0.29) is 18.0 Å². The van der Waals surface area contributed by atoms with Crippen molar-refractivity contribution in [2.45, 2.75) is 44.3 Å². The van der Waals surface area contributed by atoms with Crippen molar-refractivity contribution in [1.29, 1.82) is 0 Å². The molecule has 6 heteroatoms. The number of anilines is 1. The zero-order valence-electron chi connectivity index (χ0n) is 15.4. The summed E-state index contributed by atoms with van der Waals surface area (Å²) < 4.78 is 11.6. The van der Waals surface area contributed by atoms with Crippen LogP contribution in [0.5, 0.6) is 0 Å². The van der Waals surface area contributed by atoms with Gasteiger partial charge in [0.05, 0.1) is 25.2 Å². The van der Waals surface area contributed by atoms with Gasteiger partial charge in [-0.2, -0.15) is 0 Å². The lowest BCUT2D eigenvalue weighted by Crippen LogP contribution is -2.40. The van der Waals surface area contributed by atoms with E-state index < -0.39 is 17.4 Å². The average molecular weight is 390 g/mol. The van der Waals surface area contributed by atoms with Gasteiger partial charge >= 0.3 is 5.97 Å². The van der Waals surface area contributed by atoms with E-state index in [0.717, 1.165) is 31.4 Å². The maximum Gasteiger partial charge on any atom is 0.312 e. The van der Waals surface area contributed by atoms with Gasteiger partial charge in [0, 0.05) is 10.7 Å². The lowest BCUT2D eigenvalue weighted by molar-refractivity contribution is -0.152. The predicted molar refractivity (Wildman–Crippen MR) is 103 cm³/mol. The van der Waals surface area contributed by atoms with Crippen LogP contribution >= 0.6 is 11.6 Å². The lowest BCUT2D eigenvalue weighted by atomic mass is 9.77. The van der Waals surface area contributed by atoms with E-state index in [2.05, 4.69) is 6.92 Å². The highest BCUT2D eigenvalue weighted by Gasteiger charge is 2.67. The Morgan fingerprint density at radius 3 is 3.00 bits per heavy atom. The second-order valence-corrected chi connectivity index (χ2v) is 7.97. The molecule has 1 amide bonds. The number of esters is 1. The summed E-state index contributed by atoms with van der Waals surface area (Å²) in [7, 11) is 0. The predicted octanol–water partition coefficient (Wildman–Crippen LogP) is 3.75. The van der Waals surface area contributed by atoms with Crippen molar-refractivity contribution >= 4 is 29.2 Å². The molecule has 2 fully saturated rings. The Morgan fingerprint density at radius 2 is 2.22 bits per heavy atom. The molecule has 0 radical (unpaired) electrons. The smallest absolute Gasteiger partial charge is 0.312 e. The van der Waals surface area contributed by atoms with Crippen LogP contribution in [0.2, 0.25) is 5.02 Å². The van der Waals surface area contributed by atoms with Crippen molar-refractivity contribution in [3.8, 4) is 0 Å². The summed E-state index contributed by atoms with van der Waals surface area (Å²) >= 11 is 6.08. The van der Waals surface area contributed by atoms with E-state index in [1.54, 1.807) is 17.0 Å². The summed E-state index contributed by atoms with van der Waals surface area (Å²) in [5.74, 6) is -1.53. The number of benzene rings is 1. The second kappa shape index (κ2) is 7.28. The minimum Gasteiger partial charge on any atom is -0.465 e. The number of nitrogens with zero attached hydrogens (tertiary/aromatic N) is 1. The van der Waals surface area contributed by atoms with Crippen LogP contribution in [0, 0.1) is 11.8 Å². The third-order valence-electron chi connectivity index (χ3n) is 5.73. The van der Waals surface area contributed by atoms with Crippen molar-refractivity contribution < 1.29 is 19.1 Å². The molecule has 0 aromatic heterocycles. The van der Waals surface area contributed by atoms with Gasteiger partial charge in [0.15, 0.2) is 0 Å². The summed E-state index contributed by atoms with van der Waals surface area (Å²) in [5, 5.41) is 0.568. The van der Waals surface area contributed by atoms with Crippen LogP contribution in [0.15, 0.2) is 36.4 Å². The number of hydrogen-bond donors (Lipinski definition) is 0. The number of carbonyl (C=O) groups is 2. The van der Waals surface area contributed by atoms with E-state index >= 15 is 0 Å². The summed E-state index contributed by atoms with van der Waals surface area (Å²) in [6.07, 6.45) is 7.63. The van der Waals surface area contributed by atoms with Crippen LogP contribution in [-0.4, -0.2) is 36.7 Å². The van der Waals surface area contributed by atoms with Crippen molar-refractivity contribution in [3.05, 3.63) is 41.4 Å². The molecule has 1 spiro atoms. The number of unbranched alkanes of at least 4 members (excludes halogenated alkanes) is 3. The molecular formula is C21H24ClNO4. The number of halogens is 1. The molecule has 0 N–H and O–H groups in total. The molecule has 0 unspecified atom stereocenters. The minimum atomic E-state index is -0.740. The molecule has 5 nitrogen and oxygen atoms in total. The molecule has 27 heavy (non-hydrogen) atoms. The third kappa shape index (κ3) is 3.17. The fraction of sp³-hybridized carbons (Fsp3) is 0.524. The maximum absolute atomic E-state index is 13.2. The molecule has 1 aromatic rings. The summed E-state index contributed by atoms with van der Waals surface area (Å²) in [4.78, 5) is 27.6. The van der Waals surface area contributed by atoms with Crippen molar-refractivity contribution in [1.82, 2.24) is 0 Å². The van der Waals surface area contributed by atoms with Crippen LogP contribution in [-0.2, 0) is 19.1 Å². The highest BCUT2D eigenvalue weighted by molar-refractivity contribution is 6.31. The van der Waals surface area contributed by atoms with Gasteiger partial charge in [0.1, 0.15) is 11.5 Å². The molecule has 0 saturated carbocycles. The van der Waals surface area contributed by atoms with Crippen LogP contribution < -0.4 is 4.90 Å². The number of carbonyl (C=O) groups excluding carboxylic acids is 2. The first-order valence-electron chi connectivity index (χ1n) is 9.66. The molecular weight excluding hydrogens is 366 g/mol. The first kappa shape index (κ1) is 18.5. The minimum absolute atomic E-state index is 0.1000. The Labute approximate surface area is 164 Å². The molecule has 3 aliphatic heterocycles. The maximum atomic E-state index is 13.2. The number of hydrogen-bond acceptors (Lipinski definition) is 4. The molecule has 2 bridgehead atoms. The van der Waals surface area contributed by atoms with Gasteiger partial charge in [0.2, 0.25) is 5.91 Å². The molecule has 144 valence electrons. The van der Waals surface area contributed by atoms with E-state index in [1.807, 2.05) is 24.3 Å². The molecule has 1 aromatic carbocycles. The van der Waals surface area contributed by atoms with Crippen LogP contribution in [0.1, 0.15) is 32.6 Å². The molecule has 3 heterocycles. The quantitative estimate of drug-likeness (QED) is 0.405. The van der Waals surface area contributed by atoms with Crippen LogP contribution in [0.4, 0.5) is 5.69 Å². The van der Waals surface area contributed by atoms with Gasteiger partial charge in [-0.3, -0.25) is 9.59 Å². The zero-order chi connectivity index (χ0) is 19.0. The number of amides is 1. The first-order valence-corrected chi connectivity index (χ1v) is 10.0. The normalized spacial score (nSPS) is 30.8. The Kier molecular flexibility index (Phi) is 4.99. The summed E-state index contributed by atoms with van der Waals surface area (Å²) in [5.41, 5.74) is -0.0147. The first-order chi connectivity index (χ1) is 13.1. The van der Waals surface area contributed by atoms with Gasteiger partial charge in [-0.1, -0.05) is 56.0 Å². The Hall–Kier alpha value is -1.85. The number of ether oxygens (including phenoxy) is 2. The van der Waals surface area contributed by atoms with E-state index in [0.29, 0.717) is 18.2 Å². The highest BCUT2D eigenvalue weighted by Crippen LogP contribution is 2.53. The molecule has 4 atom stereocenters. The zero-order valence-corrected chi connectivity index (χ0v) is 16.2. The van der Waals surface area contributed by atoms with Gasteiger partial charge < -0.3 is 14.4 Å². The second-order valence-electron chi connectivity index (χ2n) is 7.53. The van der Waals surface area contributed by atoms with Crippen molar-refractivity contribution in [2.24, 2.45) is 11.8 Å². The van der Waals surface area contributed by atoms with Gasteiger partial charge in [-0.05, 0) is 24.6 Å².